The number of nitrogens with zero attached hydrogens (tertiary/aromatic N) is 3. The molecule has 118 heavy (non-hydrogen) atoms. The molecule has 0 bridgehead atoms. The van der Waals surface area contributed by atoms with Crippen molar-refractivity contribution in [2.75, 3.05) is 58.7 Å². The highest BCUT2D eigenvalue weighted by Crippen LogP contribution is 2.60. The monoisotopic (exact) mass is 1680 g/mol. The van der Waals surface area contributed by atoms with Crippen LogP contribution >= 0.6 is 11.6 Å². The van der Waals surface area contributed by atoms with Crippen molar-refractivity contribution in [2.45, 2.75) is 125 Å². The molecule has 6 aliphatic rings. The Morgan fingerprint density at radius 2 is 0.847 bits per heavy atom. The van der Waals surface area contributed by atoms with Crippen LogP contribution in [-0.2, 0) is 51.2 Å². The number of halogens is 11. The molecule has 4 saturated carbocycles. The van der Waals surface area contributed by atoms with Crippen LogP contribution < -0.4 is 25.5 Å². The average molecular weight is 1680 g/mol. The number of hydrogen-bond donors (Lipinski definition) is 3. The number of rotatable bonds is 22. The van der Waals surface area contributed by atoms with Crippen LogP contribution in [0.1, 0.15) is 107 Å². The fourth-order valence-corrected chi connectivity index (χ4v) is 25.8. The van der Waals surface area contributed by atoms with Crippen LogP contribution in [-0.4, -0.2) is 113 Å². The molecule has 622 valence electrons. The number of hydrogen-bond acceptors (Lipinski definition) is 12. The van der Waals surface area contributed by atoms with Crippen molar-refractivity contribution in [3.8, 4) is 11.8 Å². The molecule has 9 aromatic carbocycles. The summed E-state index contributed by atoms with van der Waals surface area (Å²) >= 11 is 5.27. The lowest BCUT2D eigenvalue weighted by Crippen LogP contribution is -2.66. The zero-order valence-electron chi connectivity index (χ0n) is 66.9. The minimum absolute atomic E-state index is 0.00431. The Labute approximate surface area is 689 Å². The number of aryl methyl sites for hydroxylation is 2. The van der Waals surface area contributed by atoms with E-state index in [9.17, 15) is 58.9 Å². The van der Waals surface area contributed by atoms with Crippen LogP contribution in [0.4, 0.5) is 43.9 Å². The van der Waals surface area contributed by atoms with Gasteiger partial charge in [0.15, 0.2) is 5.75 Å². The molecule has 2 saturated heterocycles. The Hall–Kier alpha value is -9.40. The van der Waals surface area contributed by atoms with Gasteiger partial charge in [0.1, 0.15) is 64.0 Å². The summed E-state index contributed by atoms with van der Waals surface area (Å²) in [6.07, 6.45) is 4.65. The Morgan fingerprint density at radius 1 is 0.500 bits per heavy atom. The van der Waals surface area contributed by atoms with E-state index in [2.05, 4.69) is 124 Å². The molecule has 10 aromatic rings. The van der Waals surface area contributed by atoms with Crippen LogP contribution in [0.3, 0.4) is 0 Å². The maximum absolute atomic E-state index is 14.4. The van der Waals surface area contributed by atoms with Gasteiger partial charge < -0.3 is 38.4 Å². The van der Waals surface area contributed by atoms with E-state index in [0.717, 1.165) is 54.8 Å². The number of benzene rings is 9. The maximum atomic E-state index is 14.4. The van der Waals surface area contributed by atoms with Gasteiger partial charge in [-0.25, -0.2) is 53.9 Å². The fraction of sp³-hybridized carbons (Fsp3) is 0.355. The topological polar surface area (TPSA) is 177 Å². The number of carbonyl (C=O) groups excluding carboxylic acids is 1. The number of alkyl halides is 1. The van der Waals surface area contributed by atoms with Gasteiger partial charge >= 0.3 is 5.97 Å². The molecular weight excluding hydrogens is 1580 g/mol. The second-order valence-electron chi connectivity index (χ2n) is 33.1. The van der Waals surface area contributed by atoms with E-state index in [0.29, 0.717) is 96.9 Å². The number of cyclic esters (lactones) is 1. The van der Waals surface area contributed by atoms with E-state index in [-0.39, 0.29) is 72.6 Å². The number of esters is 1. The average Bonchev–Trinajstić information content (AvgIpc) is 1.52. The molecule has 2 aliphatic heterocycles. The quantitative estimate of drug-likeness (QED) is 0.0193. The molecule has 9 atom stereocenters. The molecule has 3 heterocycles. The zero-order valence-corrected chi connectivity index (χ0v) is 69.6. The van der Waals surface area contributed by atoms with Crippen LogP contribution in [0.2, 0.25) is 10.1 Å². The number of fused-ring (bicyclic) bond motifs is 1. The third-order valence-electron chi connectivity index (χ3n) is 23.2. The summed E-state index contributed by atoms with van der Waals surface area (Å²) in [5.74, 6) is -4.74. The highest BCUT2D eigenvalue weighted by Gasteiger charge is 2.67. The van der Waals surface area contributed by atoms with E-state index < -0.39 is 96.5 Å². The van der Waals surface area contributed by atoms with E-state index in [1.165, 1.54) is 69.3 Å². The summed E-state index contributed by atoms with van der Waals surface area (Å²) in [7, 11) is -5.47. The van der Waals surface area contributed by atoms with Crippen molar-refractivity contribution in [2.24, 2.45) is 23.7 Å². The molecule has 0 amide bonds. The lowest BCUT2D eigenvalue weighted by Gasteiger charge is -2.43. The van der Waals surface area contributed by atoms with Crippen molar-refractivity contribution < 1.29 is 87.1 Å². The van der Waals surface area contributed by atoms with E-state index in [1.54, 1.807) is 12.3 Å². The standard InChI is InChI=1S/C33H36F2N2O2Si.C27H30F2O2Si.C11H8F2O2.C11H12F2O2.C8H5F2N.C3H5ClO/c1-23-31(20-36-24(2)37-23)38-22-33(25-16-27(34)18-28(35)17-25)19-26(33)21-39-40(32(3,4)5,29-12-8-6-9-13-29)30-14-10-7-11-15-30;1-26(2,3)32(24-10-6-4-7-11-24,25-12-8-5-9-13-25)31-18-21-17-27(21,19-30)20-14-22(28)16-23(29)15-20;12-8-1-6(2-9(13)3-8)11-4-7(11)5-15-10(11)14;12-9-1-7(2-10(13)3-9)11(6-15)4-8(11)5-14;9-7-3-6(1-2-11)4-8(10)5-7;4-1-3-2-5-3/h6-18,20,26H,19,21-22H2,1-5H3;4-16,21,30H,17-19H2,1-3H3;1-3,7H,4-5H2;1-3,8,14-15H,4-6H2;3-5H,1H2;3H,1-2H2/t26-,33+;21-,27+;7-,11+;8-,11+;;3-/m0000.0/s1. The number of epoxide rings is 1. The lowest BCUT2D eigenvalue weighted by molar-refractivity contribution is -0.142. The smallest absolute Gasteiger partial charge is 0.317 e. The maximum Gasteiger partial charge on any atom is 0.317 e. The Bertz CT molecular complexity index is 4970. The van der Waals surface area contributed by atoms with Gasteiger partial charge in [0.05, 0.1) is 74.8 Å². The summed E-state index contributed by atoms with van der Waals surface area (Å²) in [6, 6.07) is 60.3. The Balaban J connectivity index is 0.000000153. The number of carbonyl (C=O) groups is 1. The number of aliphatic hydroxyl groups is 3. The van der Waals surface area contributed by atoms with Crippen LogP contribution in [0.25, 0.3) is 0 Å². The van der Waals surface area contributed by atoms with E-state index in [1.807, 2.05) is 62.4 Å². The molecule has 1 aromatic heterocycles. The third kappa shape index (κ3) is 20.2. The first-order valence-electron chi connectivity index (χ1n) is 39.0. The highest BCUT2D eigenvalue weighted by atomic mass is 35.5. The summed E-state index contributed by atoms with van der Waals surface area (Å²) in [6.45, 7) is 19.0. The van der Waals surface area contributed by atoms with E-state index >= 15 is 0 Å². The molecule has 4 aliphatic carbocycles. The fourth-order valence-electron chi connectivity index (χ4n) is 16.5. The van der Waals surface area contributed by atoms with Crippen molar-refractivity contribution in [3.05, 3.63) is 316 Å². The third-order valence-corrected chi connectivity index (χ3v) is 33.6. The van der Waals surface area contributed by atoms with Crippen molar-refractivity contribution in [1.82, 2.24) is 9.97 Å². The van der Waals surface area contributed by atoms with Gasteiger partial charge in [-0.1, -0.05) is 163 Å². The van der Waals surface area contributed by atoms with Gasteiger partial charge in [0, 0.05) is 72.3 Å². The largest absolute Gasteiger partial charge is 0.489 e. The lowest BCUT2D eigenvalue weighted by atomic mass is 9.94. The number of aliphatic hydroxyl groups excluding tert-OH is 3. The van der Waals surface area contributed by atoms with Gasteiger partial charge in [-0.15, -0.1) is 11.6 Å². The van der Waals surface area contributed by atoms with Crippen LogP contribution in [0, 0.1) is 107 Å². The first kappa shape index (κ1) is 89.4. The van der Waals surface area contributed by atoms with Gasteiger partial charge in [-0.3, -0.25) is 4.79 Å². The van der Waals surface area contributed by atoms with Gasteiger partial charge in [-0.2, -0.15) is 5.26 Å². The molecule has 3 N–H and O–H groups in total. The second-order valence-corrected chi connectivity index (χ2v) is 42.0. The molecule has 0 radical (unpaired) electrons. The first-order valence-corrected chi connectivity index (χ1v) is 43.3. The van der Waals surface area contributed by atoms with Crippen molar-refractivity contribution >= 4 is 55.0 Å². The number of ether oxygens (including phenoxy) is 3. The highest BCUT2D eigenvalue weighted by molar-refractivity contribution is 7.00. The SMILES string of the molecule is CC(C)(C)[Si](OC[C@@H]1C[C@@]1(CO)c1cc(F)cc(F)c1)(c1ccccc1)c1ccccc1.Cc1ncc(OC[C@@]2(c3cc(F)cc(F)c3)C[C@H]2CO[Si](c2ccccc2)(c2ccccc2)C(C)(C)C)c(C)n1.ClC[C@H]1CO1.N#CCc1cc(F)cc(F)c1.O=C1OC[C@@H]2C[C@]12c1cc(F)cc(F)c1.OC[C@@H]1C[C@@]1(CO)c1cc(F)cc(F)c1. The minimum Gasteiger partial charge on any atom is -0.489 e. The second kappa shape index (κ2) is 37.5. The van der Waals surface area contributed by atoms with E-state index in [4.69, 9.17) is 45.0 Å². The summed E-state index contributed by atoms with van der Waals surface area (Å²) < 4.78 is 163. The first-order chi connectivity index (χ1) is 56.2. The van der Waals surface area contributed by atoms with Crippen molar-refractivity contribution in [3.63, 3.8) is 0 Å². The normalized spacial score (nSPS) is 22.2. The molecule has 6 fully saturated rings. The summed E-state index contributed by atoms with van der Waals surface area (Å²) in [5, 5.41) is 41.0. The van der Waals surface area contributed by atoms with Crippen molar-refractivity contribution in [1.29, 1.82) is 5.26 Å². The molecule has 25 heteroatoms. The van der Waals surface area contributed by atoms with Gasteiger partial charge in [0.25, 0.3) is 16.6 Å². The number of nitriles is 1. The molecule has 0 spiro atoms. The number of aromatic nitrogens is 2. The molecule has 12 nitrogen and oxygen atoms in total. The molecule has 16 rings (SSSR count). The predicted molar refractivity (Wildman–Crippen MR) is 437 cm³/mol. The van der Waals surface area contributed by atoms with Gasteiger partial charge in [0.2, 0.25) is 0 Å². The molecular formula is C93H96ClF10N3O9Si2. The Kier molecular flexibility index (Phi) is 28.4. The summed E-state index contributed by atoms with van der Waals surface area (Å²) in [5.41, 5.74) is 0.397. The zero-order chi connectivity index (χ0) is 85.2. The van der Waals surface area contributed by atoms with Gasteiger partial charge in [-0.05, 0) is 177 Å². The minimum atomic E-state index is -2.77. The predicted octanol–water partition coefficient (Wildman–Crippen LogP) is 16.7. The van der Waals surface area contributed by atoms with Crippen LogP contribution in [0.5, 0.6) is 5.75 Å². The molecule has 0 unspecified atom stereocenters. The Morgan fingerprint density at radius 3 is 1.15 bits per heavy atom. The summed E-state index contributed by atoms with van der Waals surface area (Å²) in [4.78, 5) is 20.2. The van der Waals surface area contributed by atoms with Crippen LogP contribution in [0.15, 0.2) is 219 Å².